The number of carbonyl (C=O) groups excluding carboxylic acids is 1. The molecule has 3 aromatic rings. The highest BCUT2D eigenvalue weighted by molar-refractivity contribution is 7.17. The van der Waals surface area contributed by atoms with Gasteiger partial charge in [0.15, 0.2) is 0 Å². The van der Waals surface area contributed by atoms with Crippen LogP contribution in [0.1, 0.15) is 35.4 Å². The van der Waals surface area contributed by atoms with Gasteiger partial charge in [0.05, 0.1) is 17.9 Å². The minimum absolute atomic E-state index is 0.0137. The van der Waals surface area contributed by atoms with Crippen LogP contribution in [0.5, 0.6) is 0 Å². The van der Waals surface area contributed by atoms with Gasteiger partial charge in [0, 0.05) is 11.4 Å². The van der Waals surface area contributed by atoms with Gasteiger partial charge in [-0.1, -0.05) is 6.92 Å². The first kappa shape index (κ1) is 16.5. The van der Waals surface area contributed by atoms with Crippen LogP contribution >= 0.6 is 22.7 Å². The average molecular weight is 374 g/mol. The predicted octanol–water partition coefficient (Wildman–Crippen LogP) is 3.36. The van der Waals surface area contributed by atoms with E-state index < -0.39 is 0 Å². The molecular weight excluding hydrogens is 354 g/mol. The van der Waals surface area contributed by atoms with Crippen molar-refractivity contribution < 1.29 is 4.79 Å². The molecule has 0 spiro atoms. The van der Waals surface area contributed by atoms with Crippen molar-refractivity contribution >= 4 is 38.8 Å². The molecule has 4 heterocycles. The molecule has 5 nitrogen and oxygen atoms in total. The first-order valence-corrected chi connectivity index (χ1v) is 10.1. The van der Waals surface area contributed by atoms with Crippen molar-refractivity contribution in [2.24, 2.45) is 0 Å². The molecule has 0 saturated heterocycles. The Labute approximate surface area is 153 Å². The summed E-state index contributed by atoms with van der Waals surface area (Å²) in [5.41, 5.74) is 2.88. The summed E-state index contributed by atoms with van der Waals surface area (Å²) < 4.78 is 2.06. The lowest BCUT2D eigenvalue weighted by Gasteiger charge is -2.35. The van der Waals surface area contributed by atoms with Gasteiger partial charge in [0.25, 0.3) is 5.56 Å². The summed E-state index contributed by atoms with van der Waals surface area (Å²) in [6.45, 7) is 4.81. The number of hydrogen-bond acceptors (Lipinski definition) is 5. The molecule has 1 aliphatic heterocycles. The second-order valence-corrected chi connectivity index (χ2v) is 8.21. The van der Waals surface area contributed by atoms with E-state index in [0.29, 0.717) is 11.2 Å². The van der Waals surface area contributed by atoms with Gasteiger partial charge in [0.1, 0.15) is 11.2 Å². The number of thiophene rings is 2. The fourth-order valence-electron chi connectivity index (χ4n) is 3.54. The zero-order valence-electron chi connectivity index (χ0n) is 14.2. The van der Waals surface area contributed by atoms with Crippen molar-refractivity contribution in [3.63, 3.8) is 0 Å². The van der Waals surface area contributed by atoms with Crippen LogP contribution in [0.25, 0.3) is 10.2 Å². The quantitative estimate of drug-likeness (QED) is 0.707. The SMILES string of the molecule is CC[C@H]1c2ccsc2CCN1C(=O)Cn1cnc2c(C)csc2c1=O. The van der Waals surface area contributed by atoms with E-state index >= 15 is 0 Å². The molecule has 25 heavy (non-hydrogen) atoms. The number of nitrogens with zero attached hydrogens (tertiary/aromatic N) is 3. The zero-order chi connectivity index (χ0) is 17.6. The molecule has 0 aromatic carbocycles. The van der Waals surface area contributed by atoms with Crippen LogP contribution in [0.4, 0.5) is 0 Å². The number of aromatic nitrogens is 2. The first-order valence-electron chi connectivity index (χ1n) is 8.39. The highest BCUT2D eigenvalue weighted by Gasteiger charge is 2.30. The summed E-state index contributed by atoms with van der Waals surface area (Å²) in [6, 6.07) is 2.24. The van der Waals surface area contributed by atoms with Gasteiger partial charge in [-0.05, 0) is 47.7 Å². The topological polar surface area (TPSA) is 55.2 Å². The fraction of sp³-hybridized carbons (Fsp3) is 0.389. The third-order valence-corrected chi connectivity index (χ3v) is 6.90. The molecule has 0 bridgehead atoms. The molecule has 0 saturated carbocycles. The standard InChI is InChI=1S/C18H19N3O2S2/c1-3-13-12-5-7-24-14(12)4-6-21(13)15(22)8-20-10-19-16-11(2)9-25-17(16)18(20)23/h5,7,9-10,13H,3-4,6,8H2,1-2H3/t13-/m0/s1. The van der Waals surface area contributed by atoms with Gasteiger partial charge in [-0.2, -0.15) is 0 Å². The fourth-order valence-corrected chi connectivity index (χ4v) is 5.42. The normalized spacial score (nSPS) is 17.0. The monoisotopic (exact) mass is 373 g/mol. The number of amides is 1. The molecule has 1 aliphatic rings. The molecule has 0 aliphatic carbocycles. The molecule has 0 fully saturated rings. The second kappa shape index (κ2) is 6.38. The second-order valence-electron chi connectivity index (χ2n) is 6.33. The largest absolute Gasteiger partial charge is 0.334 e. The lowest BCUT2D eigenvalue weighted by molar-refractivity contribution is -0.134. The summed E-state index contributed by atoms with van der Waals surface area (Å²) in [5, 5.41) is 4.03. The molecule has 1 amide bonds. The van der Waals surface area contributed by atoms with Crippen LogP contribution in [0.3, 0.4) is 0 Å². The van der Waals surface area contributed by atoms with E-state index in [1.807, 2.05) is 17.2 Å². The van der Waals surface area contributed by atoms with Crippen molar-refractivity contribution in [3.05, 3.63) is 49.5 Å². The maximum atomic E-state index is 12.9. The van der Waals surface area contributed by atoms with Gasteiger partial charge in [0.2, 0.25) is 5.91 Å². The number of hydrogen-bond donors (Lipinski definition) is 0. The Morgan fingerprint density at radius 2 is 2.24 bits per heavy atom. The zero-order valence-corrected chi connectivity index (χ0v) is 15.8. The Kier molecular flexibility index (Phi) is 4.21. The third-order valence-electron chi connectivity index (χ3n) is 4.83. The van der Waals surface area contributed by atoms with Gasteiger partial charge in [-0.25, -0.2) is 4.98 Å². The molecule has 0 radical (unpaired) electrons. The molecule has 3 aromatic heterocycles. The van der Waals surface area contributed by atoms with Crippen molar-refractivity contribution in [2.75, 3.05) is 6.54 Å². The van der Waals surface area contributed by atoms with Crippen molar-refractivity contribution in [3.8, 4) is 0 Å². The maximum absolute atomic E-state index is 12.9. The van der Waals surface area contributed by atoms with Crippen molar-refractivity contribution in [1.82, 2.24) is 14.5 Å². The first-order chi connectivity index (χ1) is 12.1. The third kappa shape index (κ3) is 2.71. The highest BCUT2D eigenvalue weighted by atomic mass is 32.1. The molecule has 130 valence electrons. The van der Waals surface area contributed by atoms with E-state index in [9.17, 15) is 9.59 Å². The van der Waals surface area contributed by atoms with E-state index in [-0.39, 0.29) is 24.1 Å². The minimum Gasteiger partial charge on any atom is -0.334 e. The summed E-state index contributed by atoms with van der Waals surface area (Å²) in [4.78, 5) is 33.2. The number of rotatable bonds is 3. The van der Waals surface area contributed by atoms with E-state index in [1.54, 1.807) is 11.3 Å². The molecule has 4 rings (SSSR count). The van der Waals surface area contributed by atoms with Crippen LogP contribution < -0.4 is 5.56 Å². The van der Waals surface area contributed by atoms with E-state index in [2.05, 4.69) is 23.4 Å². The van der Waals surface area contributed by atoms with E-state index in [0.717, 1.165) is 23.9 Å². The van der Waals surface area contributed by atoms with Crippen molar-refractivity contribution in [1.29, 1.82) is 0 Å². The van der Waals surface area contributed by atoms with Gasteiger partial charge < -0.3 is 4.90 Å². The van der Waals surface area contributed by atoms with Crippen LogP contribution in [0.15, 0.2) is 27.9 Å². The van der Waals surface area contributed by atoms with Crippen LogP contribution in [0.2, 0.25) is 0 Å². The number of aryl methyl sites for hydroxylation is 1. The van der Waals surface area contributed by atoms with Crippen LogP contribution in [-0.2, 0) is 17.8 Å². The van der Waals surface area contributed by atoms with E-state index in [4.69, 9.17) is 0 Å². The lowest BCUT2D eigenvalue weighted by atomic mass is 9.98. The minimum atomic E-state index is -0.127. The molecule has 0 N–H and O–H groups in total. The summed E-state index contributed by atoms with van der Waals surface area (Å²) in [7, 11) is 0. The van der Waals surface area contributed by atoms with Crippen LogP contribution in [0, 0.1) is 6.92 Å². The molecular formula is C18H19N3O2S2. The van der Waals surface area contributed by atoms with Gasteiger partial charge in [-0.3, -0.25) is 14.2 Å². The average Bonchev–Trinajstić information content (AvgIpc) is 3.23. The Bertz CT molecular complexity index is 1000. The molecule has 0 unspecified atom stereocenters. The molecule has 7 heteroatoms. The Hall–Kier alpha value is -1.99. The summed E-state index contributed by atoms with van der Waals surface area (Å²) in [6.07, 6.45) is 3.28. The van der Waals surface area contributed by atoms with E-state index in [1.165, 1.54) is 32.7 Å². The van der Waals surface area contributed by atoms with Crippen LogP contribution in [-0.4, -0.2) is 26.9 Å². The predicted molar refractivity (Wildman–Crippen MR) is 101 cm³/mol. The number of carbonyl (C=O) groups is 1. The van der Waals surface area contributed by atoms with Gasteiger partial charge in [-0.15, -0.1) is 22.7 Å². The smallest absolute Gasteiger partial charge is 0.271 e. The van der Waals surface area contributed by atoms with Gasteiger partial charge >= 0.3 is 0 Å². The molecule has 1 atom stereocenters. The number of fused-ring (bicyclic) bond motifs is 2. The summed E-state index contributed by atoms with van der Waals surface area (Å²) in [5.74, 6) is -0.0137. The maximum Gasteiger partial charge on any atom is 0.271 e. The Balaban J connectivity index is 1.62. The highest BCUT2D eigenvalue weighted by Crippen LogP contribution is 2.35. The summed E-state index contributed by atoms with van der Waals surface area (Å²) >= 11 is 3.16. The van der Waals surface area contributed by atoms with Crippen molar-refractivity contribution in [2.45, 2.75) is 39.3 Å². The Morgan fingerprint density at radius 1 is 1.40 bits per heavy atom. The lowest BCUT2D eigenvalue weighted by Crippen LogP contribution is -2.42. The Morgan fingerprint density at radius 3 is 3.04 bits per heavy atom.